The van der Waals surface area contributed by atoms with Crippen molar-refractivity contribution < 1.29 is 4.84 Å². The van der Waals surface area contributed by atoms with Gasteiger partial charge in [0.1, 0.15) is 6.10 Å². The van der Waals surface area contributed by atoms with Crippen molar-refractivity contribution in [1.82, 2.24) is 0 Å². The lowest BCUT2D eigenvalue weighted by Crippen LogP contribution is -2.20. The van der Waals surface area contributed by atoms with E-state index in [2.05, 4.69) is 36.3 Å². The summed E-state index contributed by atoms with van der Waals surface area (Å²) in [4.78, 5) is 5.16. The van der Waals surface area contributed by atoms with Crippen molar-refractivity contribution in [1.29, 1.82) is 0 Å². The summed E-state index contributed by atoms with van der Waals surface area (Å²) in [6.07, 6.45) is 0.880. The smallest absolute Gasteiger partial charge is 0.145 e. The minimum absolute atomic E-state index is 0.0614. The molecule has 3 nitrogen and oxygen atoms in total. The summed E-state index contributed by atoms with van der Waals surface area (Å²) in [7, 11) is 0. The second-order valence-electron chi connectivity index (χ2n) is 3.57. The molecule has 0 saturated carbocycles. The largest absolute Gasteiger partial charge is 0.390 e. The Morgan fingerprint density at radius 2 is 2.14 bits per heavy atom. The molecule has 0 unspecified atom stereocenters. The number of oxime groups is 1. The molecule has 1 aromatic carbocycles. The van der Waals surface area contributed by atoms with Crippen molar-refractivity contribution >= 4 is 5.71 Å². The molecule has 0 spiro atoms. The first-order chi connectivity index (χ1) is 6.79. The van der Waals surface area contributed by atoms with Crippen LogP contribution in [-0.4, -0.2) is 18.4 Å². The van der Waals surface area contributed by atoms with Gasteiger partial charge in [0, 0.05) is 13.0 Å². The highest BCUT2D eigenvalue weighted by Crippen LogP contribution is 2.16. The molecule has 0 bridgehead atoms. The fourth-order valence-electron chi connectivity index (χ4n) is 1.47. The van der Waals surface area contributed by atoms with Gasteiger partial charge < -0.3 is 10.6 Å². The van der Waals surface area contributed by atoms with Crippen molar-refractivity contribution in [2.45, 2.75) is 19.4 Å². The van der Waals surface area contributed by atoms with E-state index >= 15 is 0 Å². The maximum absolute atomic E-state index is 5.50. The van der Waals surface area contributed by atoms with Crippen LogP contribution in [0.15, 0.2) is 29.4 Å². The number of benzene rings is 1. The fraction of sp³-hybridized carbons (Fsp3) is 0.364. The topological polar surface area (TPSA) is 47.6 Å². The molecular formula is C11H14N2O. The summed E-state index contributed by atoms with van der Waals surface area (Å²) in [6, 6.07) is 8.29. The lowest BCUT2D eigenvalue weighted by Gasteiger charge is -2.02. The van der Waals surface area contributed by atoms with E-state index < -0.39 is 0 Å². The molecule has 0 amide bonds. The summed E-state index contributed by atoms with van der Waals surface area (Å²) in [5.41, 5.74) is 8.88. The molecule has 1 aliphatic heterocycles. The van der Waals surface area contributed by atoms with Gasteiger partial charge in [0.05, 0.1) is 5.71 Å². The van der Waals surface area contributed by atoms with Gasteiger partial charge in [-0.3, -0.25) is 0 Å². The average Bonchev–Trinajstić information content (AvgIpc) is 2.67. The first-order valence-corrected chi connectivity index (χ1v) is 4.79. The van der Waals surface area contributed by atoms with Crippen LogP contribution in [0, 0.1) is 6.92 Å². The van der Waals surface area contributed by atoms with Gasteiger partial charge >= 0.3 is 0 Å². The molecule has 0 saturated heterocycles. The molecule has 0 fully saturated rings. The van der Waals surface area contributed by atoms with Crippen LogP contribution >= 0.6 is 0 Å². The average molecular weight is 190 g/mol. The van der Waals surface area contributed by atoms with E-state index in [0.29, 0.717) is 6.54 Å². The molecule has 74 valence electrons. The third-order valence-corrected chi connectivity index (χ3v) is 2.38. The highest BCUT2D eigenvalue weighted by Gasteiger charge is 2.20. The Labute approximate surface area is 83.6 Å². The van der Waals surface area contributed by atoms with E-state index in [4.69, 9.17) is 10.6 Å². The zero-order valence-electron chi connectivity index (χ0n) is 8.23. The second kappa shape index (κ2) is 3.80. The van der Waals surface area contributed by atoms with Crippen LogP contribution < -0.4 is 5.73 Å². The van der Waals surface area contributed by atoms with E-state index in [1.165, 1.54) is 5.56 Å². The van der Waals surface area contributed by atoms with Crippen LogP contribution in [-0.2, 0) is 4.84 Å². The molecule has 1 aliphatic rings. The van der Waals surface area contributed by atoms with Gasteiger partial charge in [-0.05, 0) is 12.5 Å². The number of hydrogen-bond donors (Lipinski definition) is 1. The summed E-state index contributed by atoms with van der Waals surface area (Å²) in [5, 5.41) is 4.02. The molecule has 1 atom stereocenters. The number of hydrogen-bond acceptors (Lipinski definition) is 3. The van der Waals surface area contributed by atoms with E-state index in [0.717, 1.165) is 17.7 Å². The van der Waals surface area contributed by atoms with Gasteiger partial charge in [-0.1, -0.05) is 35.0 Å². The van der Waals surface area contributed by atoms with E-state index in [9.17, 15) is 0 Å². The van der Waals surface area contributed by atoms with Crippen molar-refractivity contribution in [3.63, 3.8) is 0 Å². The lowest BCUT2D eigenvalue weighted by molar-refractivity contribution is 0.0918. The van der Waals surface area contributed by atoms with Crippen LogP contribution in [0.4, 0.5) is 0 Å². The predicted molar refractivity (Wildman–Crippen MR) is 56.3 cm³/mol. The van der Waals surface area contributed by atoms with Crippen LogP contribution in [0.2, 0.25) is 0 Å². The third kappa shape index (κ3) is 1.77. The van der Waals surface area contributed by atoms with Crippen LogP contribution in [0.1, 0.15) is 17.5 Å². The minimum Gasteiger partial charge on any atom is -0.390 e. The molecule has 2 N–H and O–H groups in total. The van der Waals surface area contributed by atoms with Gasteiger partial charge in [0.25, 0.3) is 0 Å². The van der Waals surface area contributed by atoms with Gasteiger partial charge in [-0.2, -0.15) is 0 Å². The summed E-state index contributed by atoms with van der Waals surface area (Å²) in [5.74, 6) is 0. The van der Waals surface area contributed by atoms with Crippen LogP contribution in [0.25, 0.3) is 0 Å². The maximum Gasteiger partial charge on any atom is 0.145 e. The fourth-order valence-corrected chi connectivity index (χ4v) is 1.47. The maximum atomic E-state index is 5.50. The van der Waals surface area contributed by atoms with Crippen molar-refractivity contribution in [3.05, 3.63) is 35.4 Å². The van der Waals surface area contributed by atoms with Crippen molar-refractivity contribution in [3.8, 4) is 0 Å². The molecular weight excluding hydrogens is 176 g/mol. The zero-order valence-corrected chi connectivity index (χ0v) is 8.23. The molecule has 0 radical (unpaired) electrons. The quantitative estimate of drug-likeness (QED) is 0.767. The standard InChI is InChI=1S/C11H14N2O/c1-8-2-4-9(5-3-8)11-6-10(7-12)14-13-11/h2-5,10H,6-7,12H2,1H3/t10-/m1/s1. The summed E-state index contributed by atoms with van der Waals surface area (Å²) >= 11 is 0. The van der Waals surface area contributed by atoms with Gasteiger partial charge in [-0.25, -0.2) is 0 Å². The van der Waals surface area contributed by atoms with Crippen LogP contribution in [0.5, 0.6) is 0 Å². The first-order valence-electron chi connectivity index (χ1n) is 4.79. The Morgan fingerprint density at radius 3 is 2.71 bits per heavy atom. The predicted octanol–water partition coefficient (Wildman–Crippen LogP) is 1.45. The highest BCUT2D eigenvalue weighted by molar-refractivity contribution is 6.01. The third-order valence-electron chi connectivity index (χ3n) is 2.38. The Bertz CT molecular complexity index is 343. The van der Waals surface area contributed by atoms with Gasteiger partial charge in [-0.15, -0.1) is 0 Å². The number of aryl methyl sites for hydroxylation is 1. The number of nitrogens with zero attached hydrogens (tertiary/aromatic N) is 1. The lowest BCUT2D eigenvalue weighted by atomic mass is 10.0. The normalized spacial score (nSPS) is 20.4. The molecule has 3 heteroatoms. The van der Waals surface area contributed by atoms with E-state index in [-0.39, 0.29) is 6.10 Å². The summed E-state index contributed by atoms with van der Waals surface area (Å²) < 4.78 is 0. The minimum atomic E-state index is 0.0614. The van der Waals surface area contributed by atoms with Crippen molar-refractivity contribution in [2.24, 2.45) is 10.9 Å². The van der Waals surface area contributed by atoms with E-state index in [1.807, 2.05) is 0 Å². The molecule has 1 aromatic rings. The Morgan fingerprint density at radius 1 is 1.43 bits per heavy atom. The van der Waals surface area contributed by atoms with Crippen molar-refractivity contribution in [2.75, 3.05) is 6.54 Å². The van der Waals surface area contributed by atoms with Gasteiger partial charge in [0.2, 0.25) is 0 Å². The second-order valence-corrected chi connectivity index (χ2v) is 3.57. The first kappa shape index (κ1) is 9.21. The molecule has 0 aromatic heterocycles. The highest BCUT2D eigenvalue weighted by atomic mass is 16.6. The SMILES string of the molecule is Cc1ccc(C2=NO[C@@H](CN)C2)cc1. The molecule has 1 heterocycles. The molecule has 2 rings (SSSR count). The zero-order chi connectivity index (χ0) is 9.97. The Balaban J connectivity index is 2.13. The Hall–Kier alpha value is -1.35. The number of nitrogens with two attached hydrogens (primary N) is 1. The molecule has 0 aliphatic carbocycles. The molecule has 14 heavy (non-hydrogen) atoms. The van der Waals surface area contributed by atoms with Gasteiger partial charge in [0.15, 0.2) is 0 Å². The summed E-state index contributed by atoms with van der Waals surface area (Å²) in [6.45, 7) is 2.60. The van der Waals surface area contributed by atoms with E-state index in [1.54, 1.807) is 0 Å². The monoisotopic (exact) mass is 190 g/mol. The van der Waals surface area contributed by atoms with Crippen LogP contribution in [0.3, 0.4) is 0 Å². The number of rotatable bonds is 2. The Kier molecular flexibility index (Phi) is 2.50.